The molecule has 10 heteroatoms. The number of hydrogen-bond acceptors (Lipinski definition) is 8. The smallest absolute Gasteiger partial charge is 0.252 e. The minimum Gasteiger partial charge on any atom is -0.454 e. The molecule has 1 fully saturated rings. The zero-order chi connectivity index (χ0) is 26.9. The van der Waals surface area contributed by atoms with Crippen molar-refractivity contribution in [3.8, 4) is 11.5 Å². The van der Waals surface area contributed by atoms with E-state index in [1.807, 2.05) is 35.9 Å². The Morgan fingerprint density at radius 1 is 1.13 bits per heavy atom. The van der Waals surface area contributed by atoms with Crippen molar-refractivity contribution >= 4 is 10.9 Å². The Morgan fingerprint density at radius 3 is 2.82 bits per heavy atom. The molecule has 0 aliphatic carbocycles. The SMILES string of the molecule is CC[C@@H](c1nnnn1C[C@@H]1CCCO1)N(Cc1ccc2c(c1)OCO2)Cc1cc2cc(C)cc(C)c2[nH]c1=O. The first-order valence-electron chi connectivity index (χ1n) is 13.6. The maximum absolute atomic E-state index is 13.3. The lowest BCUT2D eigenvalue weighted by Gasteiger charge is -2.30. The summed E-state index contributed by atoms with van der Waals surface area (Å²) in [6.07, 6.45) is 2.93. The average molecular weight is 531 g/mol. The van der Waals surface area contributed by atoms with Crippen LogP contribution in [0.25, 0.3) is 10.9 Å². The Bertz CT molecular complexity index is 1540. The van der Waals surface area contributed by atoms with Crippen LogP contribution in [0.3, 0.4) is 0 Å². The number of H-pyrrole nitrogens is 1. The van der Waals surface area contributed by atoms with E-state index in [1.165, 1.54) is 0 Å². The topological polar surface area (TPSA) is 107 Å². The van der Waals surface area contributed by atoms with Gasteiger partial charge < -0.3 is 19.2 Å². The lowest BCUT2D eigenvalue weighted by molar-refractivity contribution is 0.0888. The average Bonchev–Trinajstić information content (AvgIpc) is 3.69. The standard InChI is InChI=1S/C29H34N6O4/c1-4-24(28-31-32-33-35(28)16-23-6-5-9-37-23)34(14-20-7-8-25-26(12-20)39-17-38-25)15-22-13-21-11-18(2)10-19(3)27(21)30-29(22)36/h7-8,10-13,23-24H,4-6,9,14-17H2,1-3H3,(H,30,36)/t23-,24-/m0/s1. The highest BCUT2D eigenvalue weighted by atomic mass is 16.7. The Hall–Kier alpha value is -3.76. The van der Waals surface area contributed by atoms with Crippen molar-refractivity contribution in [3.05, 3.63) is 74.8 Å². The van der Waals surface area contributed by atoms with E-state index in [1.54, 1.807) is 0 Å². The number of pyridine rings is 1. The first kappa shape index (κ1) is 25.5. The normalized spacial score (nSPS) is 17.4. The highest BCUT2D eigenvalue weighted by Crippen LogP contribution is 2.34. The fourth-order valence-electron chi connectivity index (χ4n) is 5.78. The van der Waals surface area contributed by atoms with Crippen LogP contribution in [0.2, 0.25) is 0 Å². The molecule has 2 aromatic heterocycles. The molecular formula is C29H34N6O4. The zero-order valence-electron chi connectivity index (χ0n) is 22.6. The molecule has 4 heterocycles. The number of benzene rings is 2. The molecule has 1 saturated heterocycles. The van der Waals surface area contributed by atoms with Gasteiger partial charge in [0.25, 0.3) is 5.56 Å². The van der Waals surface area contributed by atoms with Crippen LogP contribution in [0.15, 0.2) is 41.2 Å². The second-order valence-electron chi connectivity index (χ2n) is 10.5. The van der Waals surface area contributed by atoms with Crippen molar-refractivity contribution in [1.29, 1.82) is 0 Å². The second-order valence-corrected chi connectivity index (χ2v) is 10.5. The van der Waals surface area contributed by atoms with Gasteiger partial charge in [0, 0.05) is 25.3 Å². The summed E-state index contributed by atoms with van der Waals surface area (Å²) in [5.41, 5.74) is 4.77. The molecule has 0 bridgehead atoms. The van der Waals surface area contributed by atoms with Gasteiger partial charge in [0.2, 0.25) is 6.79 Å². The highest BCUT2D eigenvalue weighted by Gasteiger charge is 2.28. The number of nitrogens with zero attached hydrogens (tertiary/aromatic N) is 5. The fraction of sp³-hybridized carbons (Fsp3) is 0.448. The number of ether oxygens (including phenoxy) is 3. The van der Waals surface area contributed by atoms with Gasteiger partial charge in [-0.2, -0.15) is 0 Å². The number of aromatic nitrogens is 5. The summed E-state index contributed by atoms with van der Waals surface area (Å²) in [6.45, 7) is 8.85. The summed E-state index contributed by atoms with van der Waals surface area (Å²) in [4.78, 5) is 18.7. The minimum atomic E-state index is -0.124. The van der Waals surface area contributed by atoms with Crippen molar-refractivity contribution in [1.82, 2.24) is 30.1 Å². The van der Waals surface area contributed by atoms with Crippen molar-refractivity contribution in [3.63, 3.8) is 0 Å². The van der Waals surface area contributed by atoms with Crippen LogP contribution in [0.1, 0.15) is 60.3 Å². The second kappa shape index (κ2) is 10.8. The number of aryl methyl sites for hydroxylation is 2. The number of fused-ring (bicyclic) bond motifs is 2. The molecule has 2 atom stereocenters. The Kier molecular flexibility index (Phi) is 7.05. The van der Waals surface area contributed by atoms with Crippen LogP contribution in [-0.4, -0.2) is 49.6 Å². The van der Waals surface area contributed by atoms with Crippen molar-refractivity contribution in [2.45, 2.75) is 71.8 Å². The van der Waals surface area contributed by atoms with Gasteiger partial charge in [0.05, 0.1) is 24.2 Å². The largest absolute Gasteiger partial charge is 0.454 e. The maximum atomic E-state index is 13.3. The molecule has 2 aliphatic heterocycles. The number of aromatic amines is 1. The number of tetrazole rings is 1. The number of hydrogen-bond donors (Lipinski definition) is 1. The molecular weight excluding hydrogens is 496 g/mol. The summed E-state index contributed by atoms with van der Waals surface area (Å²) < 4.78 is 18.9. The van der Waals surface area contributed by atoms with Crippen LogP contribution in [0.4, 0.5) is 0 Å². The summed E-state index contributed by atoms with van der Waals surface area (Å²) in [6, 6.07) is 12.1. The van der Waals surface area contributed by atoms with Gasteiger partial charge in [-0.25, -0.2) is 4.68 Å². The van der Waals surface area contributed by atoms with Gasteiger partial charge in [-0.3, -0.25) is 9.69 Å². The van der Waals surface area contributed by atoms with Crippen LogP contribution < -0.4 is 15.0 Å². The van der Waals surface area contributed by atoms with Crippen molar-refractivity contribution in [2.24, 2.45) is 0 Å². The van der Waals surface area contributed by atoms with E-state index in [-0.39, 0.29) is 24.5 Å². The van der Waals surface area contributed by atoms with E-state index in [0.717, 1.165) is 70.8 Å². The van der Waals surface area contributed by atoms with Crippen molar-refractivity contribution < 1.29 is 14.2 Å². The predicted octanol–water partition coefficient (Wildman–Crippen LogP) is 4.19. The van der Waals surface area contributed by atoms with E-state index in [4.69, 9.17) is 14.2 Å². The van der Waals surface area contributed by atoms with Crippen LogP contribution in [0, 0.1) is 13.8 Å². The molecule has 0 saturated carbocycles. The number of nitrogens with one attached hydrogen (secondary N) is 1. The van der Waals surface area contributed by atoms with Crippen LogP contribution in [0.5, 0.6) is 11.5 Å². The highest BCUT2D eigenvalue weighted by molar-refractivity contribution is 5.82. The predicted molar refractivity (Wildman–Crippen MR) is 146 cm³/mol. The molecule has 2 aromatic carbocycles. The van der Waals surface area contributed by atoms with Gasteiger partial charge in [0.15, 0.2) is 17.3 Å². The fourth-order valence-corrected chi connectivity index (χ4v) is 5.78. The van der Waals surface area contributed by atoms with Gasteiger partial charge in [-0.1, -0.05) is 24.6 Å². The summed E-state index contributed by atoms with van der Waals surface area (Å²) in [5, 5.41) is 13.8. The monoisotopic (exact) mass is 530 g/mol. The van der Waals surface area contributed by atoms with Gasteiger partial charge in [-0.15, -0.1) is 5.10 Å². The maximum Gasteiger partial charge on any atom is 0.252 e. The Balaban J connectivity index is 1.37. The molecule has 4 aromatic rings. The number of rotatable bonds is 9. The van der Waals surface area contributed by atoms with E-state index in [0.29, 0.717) is 25.2 Å². The van der Waals surface area contributed by atoms with E-state index in [2.05, 4.69) is 51.4 Å². The molecule has 10 nitrogen and oxygen atoms in total. The third-order valence-electron chi connectivity index (χ3n) is 7.65. The minimum absolute atomic E-state index is 0.0843. The molecule has 0 amide bonds. The third kappa shape index (κ3) is 5.26. The first-order chi connectivity index (χ1) is 19.0. The molecule has 6 rings (SSSR count). The molecule has 204 valence electrons. The van der Waals surface area contributed by atoms with Crippen LogP contribution >= 0.6 is 0 Å². The molecule has 0 spiro atoms. The lowest BCUT2D eigenvalue weighted by Crippen LogP contribution is -2.33. The van der Waals surface area contributed by atoms with Gasteiger partial charge in [-0.05, 0) is 84.3 Å². The van der Waals surface area contributed by atoms with Crippen LogP contribution in [-0.2, 0) is 24.4 Å². The molecule has 1 N–H and O–H groups in total. The molecule has 0 unspecified atom stereocenters. The summed E-state index contributed by atoms with van der Waals surface area (Å²) >= 11 is 0. The first-order valence-corrected chi connectivity index (χ1v) is 13.6. The molecule has 2 aliphatic rings. The zero-order valence-corrected chi connectivity index (χ0v) is 22.6. The quantitative estimate of drug-likeness (QED) is 0.343. The Morgan fingerprint density at radius 2 is 2.00 bits per heavy atom. The van der Waals surface area contributed by atoms with Gasteiger partial charge in [0.1, 0.15) is 0 Å². The molecule has 39 heavy (non-hydrogen) atoms. The summed E-state index contributed by atoms with van der Waals surface area (Å²) in [7, 11) is 0. The Labute approximate surface area is 226 Å². The van der Waals surface area contributed by atoms with E-state index < -0.39 is 0 Å². The lowest BCUT2D eigenvalue weighted by atomic mass is 10.0. The van der Waals surface area contributed by atoms with E-state index >= 15 is 0 Å². The summed E-state index contributed by atoms with van der Waals surface area (Å²) in [5.74, 6) is 2.26. The van der Waals surface area contributed by atoms with E-state index in [9.17, 15) is 4.79 Å². The van der Waals surface area contributed by atoms with Gasteiger partial charge >= 0.3 is 0 Å². The molecule has 0 radical (unpaired) electrons. The third-order valence-corrected chi connectivity index (χ3v) is 7.65. The van der Waals surface area contributed by atoms with Crippen molar-refractivity contribution in [2.75, 3.05) is 13.4 Å².